The van der Waals surface area contributed by atoms with Crippen molar-refractivity contribution < 1.29 is 4.74 Å². The van der Waals surface area contributed by atoms with Gasteiger partial charge in [-0.2, -0.15) is 0 Å². The van der Waals surface area contributed by atoms with E-state index < -0.39 is 0 Å². The van der Waals surface area contributed by atoms with Gasteiger partial charge in [0.2, 0.25) is 5.13 Å². The second kappa shape index (κ2) is 9.58. The fourth-order valence-electron chi connectivity index (χ4n) is 2.48. The molecule has 0 bridgehead atoms. The number of halogens is 1. The number of hydrogen-bond acceptors (Lipinski definition) is 8. The minimum Gasteiger partial charge on any atom is -0.494 e. The average molecular weight is 461 g/mol. The van der Waals surface area contributed by atoms with Crippen LogP contribution in [0.2, 0.25) is 5.02 Å². The van der Waals surface area contributed by atoms with Gasteiger partial charge in [0.05, 0.1) is 12.3 Å². The summed E-state index contributed by atoms with van der Waals surface area (Å²) in [5.74, 6) is 1.61. The topological polar surface area (TPSA) is 59.9 Å². The first kappa shape index (κ1) is 20.2. The van der Waals surface area contributed by atoms with Gasteiger partial charge in [-0.15, -0.1) is 21.5 Å². The summed E-state index contributed by atoms with van der Waals surface area (Å²) in [4.78, 5) is 4.71. The minimum absolute atomic E-state index is 0.657. The number of aromatic nitrogens is 3. The number of anilines is 2. The van der Waals surface area contributed by atoms with Gasteiger partial charge in [-0.1, -0.05) is 46.8 Å². The molecule has 29 heavy (non-hydrogen) atoms. The maximum atomic E-state index is 5.95. The lowest BCUT2D eigenvalue weighted by Gasteiger charge is -2.04. The summed E-state index contributed by atoms with van der Waals surface area (Å²) in [5.41, 5.74) is 3.06. The standard InChI is InChI=1S/C20H17ClN4OS3/c1-2-26-17-9-7-15(8-10-17)23-19-24-25-20(29-19)28-12-16-11-27-18(22-16)13-3-5-14(21)6-4-13/h3-11H,2,12H2,1H3,(H,23,24). The number of thioether (sulfide) groups is 1. The number of benzene rings is 2. The Balaban J connectivity index is 1.33. The highest BCUT2D eigenvalue weighted by Crippen LogP contribution is 2.32. The van der Waals surface area contributed by atoms with Gasteiger partial charge >= 0.3 is 0 Å². The van der Waals surface area contributed by atoms with E-state index in [-0.39, 0.29) is 0 Å². The fraction of sp³-hybridized carbons (Fsp3) is 0.150. The van der Waals surface area contributed by atoms with Crippen LogP contribution in [0, 0.1) is 0 Å². The lowest BCUT2D eigenvalue weighted by Crippen LogP contribution is -1.92. The normalized spacial score (nSPS) is 10.8. The predicted molar refractivity (Wildman–Crippen MR) is 123 cm³/mol. The molecule has 0 unspecified atom stereocenters. The average Bonchev–Trinajstić information content (AvgIpc) is 3.38. The maximum Gasteiger partial charge on any atom is 0.210 e. The van der Waals surface area contributed by atoms with E-state index in [4.69, 9.17) is 21.3 Å². The number of nitrogens with zero attached hydrogens (tertiary/aromatic N) is 3. The zero-order valence-corrected chi connectivity index (χ0v) is 18.7. The molecule has 148 valence electrons. The van der Waals surface area contributed by atoms with Crippen molar-refractivity contribution in [2.45, 2.75) is 17.0 Å². The van der Waals surface area contributed by atoms with Gasteiger partial charge in [0, 0.05) is 27.4 Å². The lowest BCUT2D eigenvalue weighted by atomic mass is 10.2. The Labute approximate surface area is 186 Å². The van der Waals surface area contributed by atoms with Gasteiger partial charge in [0.15, 0.2) is 4.34 Å². The molecule has 0 aliphatic heterocycles. The smallest absolute Gasteiger partial charge is 0.210 e. The molecule has 0 aliphatic carbocycles. The van der Waals surface area contributed by atoms with E-state index >= 15 is 0 Å². The third kappa shape index (κ3) is 5.48. The number of ether oxygens (including phenoxy) is 1. The van der Waals surface area contributed by atoms with Crippen LogP contribution in [0.4, 0.5) is 10.8 Å². The van der Waals surface area contributed by atoms with Crippen molar-refractivity contribution >= 4 is 56.9 Å². The molecule has 0 atom stereocenters. The largest absolute Gasteiger partial charge is 0.494 e. The highest BCUT2D eigenvalue weighted by atomic mass is 35.5. The van der Waals surface area contributed by atoms with Gasteiger partial charge in [-0.25, -0.2) is 4.98 Å². The molecule has 0 radical (unpaired) electrons. The van der Waals surface area contributed by atoms with Crippen LogP contribution in [-0.2, 0) is 5.75 Å². The summed E-state index contributed by atoms with van der Waals surface area (Å²) in [5, 5.41) is 16.3. The van der Waals surface area contributed by atoms with Crippen LogP contribution in [0.25, 0.3) is 10.6 Å². The van der Waals surface area contributed by atoms with E-state index in [1.165, 1.54) is 11.3 Å². The maximum absolute atomic E-state index is 5.95. The van der Waals surface area contributed by atoms with Crippen molar-refractivity contribution in [1.29, 1.82) is 0 Å². The summed E-state index contributed by atoms with van der Waals surface area (Å²) < 4.78 is 6.36. The summed E-state index contributed by atoms with van der Waals surface area (Å²) in [6.45, 7) is 2.63. The molecule has 2 aromatic carbocycles. The summed E-state index contributed by atoms with van der Waals surface area (Å²) in [6.07, 6.45) is 0. The second-order valence-corrected chi connectivity index (χ2v) is 9.39. The van der Waals surface area contributed by atoms with Crippen molar-refractivity contribution in [2.24, 2.45) is 0 Å². The molecule has 5 nitrogen and oxygen atoms in total. The molecular formula is C20H17ClN4OS3. The Hall–Kier alpha value is -2.13. The third-order valence-corrected chi connectivity index (χ3v) is 7.01. The summed E-state index contributed by atoms with van der Waals surface area (Å²) in [6, 6.07) is 15.5. The molecule has 4 aromatic rings. The molecule has 2 heterocycles. The van der Waals surface area contributed by atoms with Crippen LogP contribution in [0.5, 0.6) is 5.75 Å². The Bertz CT molecular complexity index is 1060. The molecule has 4 rings (SSSR count). The molecule has 9 heteroatoms. The molecule has 0 spiro atoms. The van der Waals surface area contributed by atoms with Gasteiger partial charge in [0.1, 0.15) is 10.8 Å². The van der Waals surface area contributed by atoms with Crippen LogP contribution in [-0.4, -0.2) is 21.8 Å². The van der Waals surface area contributed by atoms with Crippen LogP contribution in [0.1, 0.15) is 12.6 Å². The molecular weight excluding hydrogens is 444 g/mol. The Morgan fingerprint density at radius 1 is 1.07 bits per heavy atom. The number of thiazole rings is 1. The van der Waals surface area contributed by atoms with Gasteiger partial charge < -0.3 is 10.1 Å². The van der Waals surface area contributed by atoms with E-state index in [1.54, 1.807) is 23.1 Å². The van der Waals surface area contributed by atoms with Crippen molar-refractivity contribution in [3.63, 3.8) is 0 Å². The molecule has 2 aromatic heterocycles. The van der Waals surface area contributed by atoms with Crippen molar-refractivity contribution in [3.05, 3.63) is 64.6 Å². The van der Waals surface area contributed by atoms with Crippen molar-refractivity contribution in [3.8, 4) is 16.3 Å². The molecule has 1 N–H and O–H groups in total. The van der Waals surface area contributed by atoms with E-state index in [0.717, 1.165) is 47.9 Å². The molecule has 0 aliphatic rings. The monoisotopic (exact) mass is 460 g/mol. The van der Waals surface area contributed by atoms with Gasteiger partial charge in [0.25, 0.3) is 0 Å². The number of nitrogens with one attached hydrogen (secondary N) is 1. The molecule has 0 amide bonds. The highest BCUT2D eigenvalue weighted by molar-refractivity contribution is 8.00. The summed E-state index contributed by atoms with van der Waals surface area (Å²) in [7, 11) is 0. The molecule has 0 saturated heterocycles. The molecule has 0 saturated carbocycles. The Kier molecular flexibility index (Phi) is 6.66. The number of rotatable bonds is 8. The van der Waals surface area contributed by atoms with Crippen LogP contribution >= 0.6 is 46.0 Å². The fourth-order valence-corrected chi connectivity index (χ4v) is 5.20. The van der Waals surface area contributed by atoms with Crippen LogP contribution in [0.15, 0.2) is 58.3 Å². The Morgan fingerprint density at radius 3 is 2.62 bits per heavy atom. The van der Waals surface area contributed by atoms with E-state index in [2.05, 4.69) is 20.9 Å². The van der Waals surface area contributed by atoms with E-state index in [1.807, 2.05) is 55.5 Å². The van der Waals surface area contributed by atoms with E-state index in [9.17, 15) is 0 Å². The van der Waals surface area contributed by atoms with Crippen molar-refractivity contribution in [1.82, 2.24) is 15.2 Å². The van der Waals surface area contributed by atoms with Gasteiger partial charge in [-0.05, 0) is 43.3 Å². The first-order valence-electron chi connectivity index (χ1n) is 8.86. The predicted octanol–water partition coefficient (Wildman–Crippen LogP) is 6.75. The zero-order valence-electron chi connectivity index (χ0n) is 15.5. The summed E-state index contributed by atoms with van der Waals surface area (Å²) >= 11 is 10.7. The first-order valence-corrected chi connectivity index (χ1v) is 11.9. The second-order valence-electron chi connectivity index (χ2n) is 5.90. The quantitative estimate of drug-likeness (QED) is 0.293. The first-order chi connectivity index (χ1) is 14.2. The third-order valence-electron chi connectivity index (χ3n) is 3.81. The SMILES string of the molecule is CCOc1ccc(Nc2nnc(SCc3csc(-c4ccc(Cl)cc4)n3)s2)cc1. The lowest BCUT2D eigenvalue weighted by molar-refractivity contribution is 0.340. The van der Waals surface area contributed by atoms with E-state index in [0.29, 0.717) is 6.61 Å². The van der Waals surface area contributed by atoms with Crippen molar-refractivity contribution in [2.75, 3.05) is 11.9 Å². The highest BCUT2D eigenvalue weighted by Gasteiger charge is 2.09. The minimum atomic E-state index is 0.657. The number of hydrogen-bond donors (Lipinski definition) is 1. The molecule has 0 fully saturated rings. The Morgan fingerprint density at radius 2 is 1.86 bits per heavy atom. The van der Waals surface area contributed by atoms with Crippen LogP contribution < -0.4 is 10.1 Å². The zero-order chi connectivity index (χ0) is 20.1. The van der Waals surface area contributed by atoms with Crippen LogP contribution in [0.3, 0.4) is 0 Å². The van der Waals surface area contributed by atoms with Gasteiger partial charge in [-0.3, -0.25) is 0 Å².